The Kier molecular flexibility index (Phi) is 9.58. The number of carbonyl (C=O) groups is 4. The average Bonchev–Trinajstić information content (AvgIpc) is 3.34. The van der Waals surface area contributed by atoms with Gasteiger partial charge in [0, 0.05) is 39.1 Å². The van der Waals surface area contributed by atoms with Crippen molar-refractivity contribution in [2.45, 2.75) is 65.1 Å². The van der Waals surface area contributed by atoms with Crippen LogP contribution in [0.4, 0.5) is 0 Å². The molecule has 0 amide bonds. The molecule has 3 heterocycles. The van der Waals surface area contributed by atoms with Crippen LogP contribution in [0.1, 0.15) is 32.7 Å². The third-order valence-corrected chi connectivity index (χ3v) is 6.92. The van der Waals surface area contributed by atoms with Crippen LogP contribution in [-0.2, 0) is 42.9 Å². The number of benzene rings is 1. The summed E-state index contributed by atoms with van der Waals surface area (Å²) in [4.78, 5) is 64.8. The van der Waals surface area contributed by atoms with E-state index in [1.165, 1.54) is 30.6 Å². The summed E-state index contributed by atoms with van der Waals surface area (Å²) in [5.74, 6) is -2.51. The second kappa shape index (κ2) is 13.1. The van der Waals surface area contributed by atoms with E-state index in [1.54, 1.807) is 17.5 Å². The quantitative estimate of drug-likeness (QED) is 0.259. The molecule has 42 heavy (non-hydrogen) atoms. The van der Waals surface area contributed by atoms with Crippen molar-refractivity contribution in [3.05, 3.63) is 45.1 Å². The van der Waals surface area contributed by atoms with Crippen LogP contribution in [-0.4, -0.2) is 72.6 Å². The van der Waals surface area contributed by atoms with Crippen LogP contribution in [0.2, 0.25) is 0 Å². The summed E-state index contributed by atoms with van der Waals surface area (Å²) >= 11 is 1.42. The molecular weight excluding hydrogens is 574 g/mol. The Morgan fingerprint density at radius 3 is 2.07 bits per heavy atom. The maximum absolute atomic E-state index is 13.1. The highest BCUT2D eigenvalue weighted by atomic mass is 32.1. The first-order chi connectivity index (χ1) is 19.9. The van der Waals surface area contributed by atoms with E-state index in [0.29, 0.717) is 16.6 Å². The van der Waals surface area contributed by atoms with Crippen molar-refractivity contribution in [1.82, 2.24) is 4.98 Å². The lowest BCUT2D eigenvalue weighted by molar-refractivity contribution is -0.255. The van der Waals surface area contributed by atoms with Crippen molar-refractivity contribution in [2.75, 3.05) is 13.2 Å². The van der Waals surface area contributed by atoms with Crippen LogP contribution in [0.15, 0.2) is 39.1 Å². The molecular formula is C28H29NO12S. The first kappa shape index (κ1) is 30.7. The normalized spacial score (nSPS) is 21.8. The Balaban J connectivity index is 1.61. The molecule has 3 aromatic rings. The topological polar surface area (TPSA) is 167 Å². The number of rotatable bonds is 9. The van der Waals surface area contributed by atoms with Gasteiger partial charge in [-0.3, -0.25) is 24.0 Å². The second-order valence-corrected chi connectivity index (χ2v) is 10.5. The molecule has 0 bridgehead atoms. The number of fused-ring (bicyclic) bond motifs is 1. The Morgan fingerprint density at radius 2 is 1.50 bits per heavy atom. The largest absolute Gasteiger partial charge is 0.491 e. The molecule has 0 spiro atoms. The van der Waals surface area contributed by atoms with Gasteiger partial charge in [-0.15, -0.1) is 11.3 Å². The average molecular weight is 604 g/mol. The summed E-state index contributed by atoms with van der Waals surface area (Å²) in [7, 11) is 0. The van der Waals surface area contributed by atoms with Crippen molar-refractivity contribution >= 4 is 46.2 Å². The number of nitrogens with zero attached hydrogens (tertiary/aromatic N) is 1. The smallest absolute Gasteiger partial charge is 0.303 e. The van der Waals surface area contributed by atoms with Crippen molar-refractivity contribution in [3.8, 4) is 17.0 Å². The molecule has 13 nitrogen and oxygen atoms in total. The first-order valence-corrected chi connectivity index (χ1v) is 13.7. The minimum absolute atomic E-state index is 0.245. The summed E-state index contributed by atoms with van der Waals surface area (Å²) < 4.78 is 39.0. The number of hydrogen-bond donors (Lipinski definition) is 0. The van der Waals surface area contributed by atoms with Gasteiger partial charge in [-0.1, -0.05) is 0 Å². The number of aryl methyl sites for hydroxylation is 1. The third kappa shape index (κ3) is 7.31. The van der Waals surface area contributed by atoms with E-state index in [4.69, 9.17) is 32.8 Å². The molecule has 2 aromatic heterocycles. The minimum atomic E-state index is -1.30. The highest BCUT2D eigenvalue weighted by Gasteiger charge is 2.52. The fourth-order valence-electron chi connectivity index (χ4n) is 4.49. The summed E-state index contributed by atoms with van der Waals surface area (Å²) in [5.41, 5.74) is 0.859. The Labute approximate surface area is 243 Å². The fraction of sp³-hybridized carbons (Fsp3) is 0.429. The molecule has 14 heteroatoms. The molecule has 1 aliphatic heterocycles. The number of aromatic nitrogens is 1. The lowest BCUT2D eigenvalue weighted by Crippen LogP contribution is -2.63. The molecule has 1 fully saturated rings. The standard InChI is InChI=1S/C28H29NO12S/c1-13-29-21(12-42-13)20-9-37-22-8-18(6-7-19(22)25(20)34)36-11-24-27(39-16(4)32)28(40-17(5)33)26(38-15(3)31)23(41-24)10-35-14(2)30/h6-9,12,23-24,26-28H,10-11H2,1-5H3/t23-,24+,26+,27-,28+/m0/s1. The molecule has 1 aliphatic rings. The molecule has 1 aromatic carbocycles. The highest BCUT2D eigenvalue weighted by molar-refractivity contribution is 7.09. The van der Waals surface area contributed by atoms with Gasteiger partial charge in [0.25, 0.3) is 0 Å². The zero-order valence-electron chi connectivity index (χ0n) is 23.4. The van der Waals surface area contributed by atoms with Crippen LogP contribution < -0.4 is 10.2 Å². The predicted octanol–water partition coefficient (Wildman–Crippen LogP) is 2.73. The second-order valence-electron chi connectivity index (χ2n) is 9.44. The Morgan fingerprint density at radius 1 is 0.881 bits per heavy atom. The van der Waals surface area contributed by atoms with E-state index >= 15 is 0 Å². The van der Waals surface area contributed by atoms with Gasteiger partial charge >= 0.3 is 23.9 Å². The molecule has 0 radical (unpaired) electrons. The molecule has 5 atom stereocenters. The van der Waals surface area contributed by atoms with Gasteiger partial charge in [-0.2, -0.15) is 0 Å². The van der Waals surface area contributed by atoms with Crippen molar-refractivity contribution < 1.29 is 52.0 Å². The molecule has 4 rings (SSSR count). The molecule has 0 N–H and O–H groups in total. The summed E-state index contributed by atoms with van der Waals surface area (Å²) in [6.45, 7) is 5.87. The SMILES string of the molecule is CC(=O)OC[C@@H]1O[C@H](COc2ccc3c(=O)c(-c4csc(C)n4)coc3c2)[C@H](OC(C)=O)[C@H](OC(C)=O)[C@@H]1OC(C)=O. The summed E-state index contributed by atoms with van der Waals surface area (Å²) in [6, 6.07) is 4.62. The van der Waals surface area contributed by atoms with Crippen LogP contribution in [0.3, 0.4) is 0 Å². The van der Waals surface area contributed by atoms with Crippen LogP contribution >= 0.6 is 11.3 Å². The number of esters is 4. The van der Waals surface area contributed by atoms with Gasteiger partial charge in [0.2, 0.25) is 5.43 Å². The molecule has 0 aliphatic carbocycles. The zero-order valence-corrected chi connectivity index (χ0v) is 24.3. The van der Waals surface area contributed by atoms with Gasteiger partial charge in [0.1, 0.15) is 43.0 Å². The number of carbonyl (C=O) groups excluding carboxylic acids is 4. The molecule has 224 valence electrons. The summed E-state index contributed by atoms with van der Waals surface area (Å²) in [6.07, 6.45) is -4.65. The van der Waals surface area contributed by atoms with Gasteiger partial charge in [0.05, 0.1) is 21.7 Å². The fourth-order valence-corrected chi connectivity index (χ4v) is 5.11. The van der Waals surface area contributed by atoms with E-state index in [9.17, 15) is 24.0 Å². The monoisotopic (exact) mass is 603 g/mol. The third-order valence-electron chi connectivity index (χ3n) is 6.14. The van der Waals surface area contributed by atoms with Gasteiger partial charge in [-0.25, -0.2) is 4.98 Å². The van der Waals surface area contributed by atoms with Gasteiger partial charge < -0.3 is 32.8 Å². The van der Waals surface area contributed by atoms with E-state index in [-0.39, 0.29) is 30.0 Å². The minimum Gasteiger partial charge on any atom is -0.491 e. The van der Waals surface area contributed by atoms with Crippen molar-refractivity contribution in [3.63, 3.8) is 0 Å². The highest BCUT2D eigenvalue weighted by Crippen LogP contribution is 2.31. The van der Waals surface area contributed by atoms with E-state index < -0.39 is 54.4 Å². The Hall–Kier alpha value is -4.30. The zero-order chi connectivity index (χ0) is 30.6. The maximum Gasteiger partial charge on any atom is 0.303 e. The van der Waals surface area contributed by atoms with Crippen molar-refractivity contribution in [1.29, 1.82) is 0 Å². The molecule has 0 saturated carbocycles. The number of thiazole rings is 1. The lowest BCUT2D eigenvalue weighted by atomic mass is 9.94. The van der Waals surface area contributed by atoms with E-state index in [0.717, 1.165) is 25.8 Å². The predicted molar refractivity (Wildman–Crippen MR) is 146 cm³/mol. The molecule has 0 unspecified atom stereocenters. The summed E-state index contributed by atoms with van der Waals surface area (Å²) in [5, 5.41) is 2.91. The van der Waals surface area contributed by atoms with Gasteiger partial charge in [0.15, 0.2) is 18.3 Å². The van der Waals surface area contributed by atoms with Gasteiger partial charge in [-0.05, 0) is 19.1 Å². The maximum atomic E-state index is 13.1. The molecule has 1 saturated heterocycles. The van der Waals surface area contributed by atoms with Crippen LogP contribution in [0, 0.1) is 6.92 Å². The Bertz CT molecular complexity index is 1550. The van der Waals surface area contributed by atoms with Crippen LogP contribution in [0.25, 0.3) is 22.2 Å². The lowest BCUT2D eigenvalue weighted by Gasteiger charge is -2.44. The van der Waals surface area contributed by atoms with Crippen molar-refractivity contribution in [2.24, 2.45) is 0 Å². The van der Waals surface area contributed by atoms with E-state index in [2.05, 4.69) is 4.98 Å². The number of ether oxygens (including phenoxy) is 6. The van der Waals surface area contributed by atoms with Crippen LogP contribution in [0.5, 0.6) is 5.75 Å². The first-order valence-electron chi connectivity index (χ1n) is 12.8. The van der Waals surface area contributed by atoms with E-state index in [1.807, 2.05) is 6.92 Å². The number of hydrogen-bond acceptors (Lipinski definition) is 14.